The maximum Gasteiger partial charge on any atom is 0.238 e. The number of sulfonamides is 1. The fourth-order valence-electron chi connectivity index (χ4n) is 2.00. The van der Waals surface area contributed by atoms with Crippen LogP contribution in [0.1, 0.15) is 24.5 Å². The first-order chi connectivity index (χ1) is 9.99. The molecule has 0 saturated carbocycles. The monoisotopic (exact) mass is 308 g/mol. The van der Waals surface area contributed by atoms with E-state index in [1.807, 2.05) is 17.1 Å². The van der Waals surface area contributed by atoms with E-state index in [-0.39, 0.29) is 4.90 Å². The third-order valence-corrected chi connectivity index (χ3v) is 3.98. The molecule has 0 fully saturated rings. The van der Waals surface area contributed by atoms with Gasteiger partial charge in [0.05, 0.1) is 11.1 Å². The van der Waals surface area contributed by atoms with Crippen molar-refractivity contribution in [3.63, 3.8) is 0 Å². The average molecular weight is 308 g/mol. The van der Waals surface area contributed by atoms with Crippen LogP contribution in [-0.4, -0.2) is 18.2 Å². The lowest BCUT2D eigenvalue weighted by Crippen LogP contribution is -2.14. The van der Waals surface area contributed by atoms with E-state index in [4.69, 9.17) is 5.14 Å². The smallest absolute Gasteiger partial charge is 0.238 e. The van der Waals surface area contributed by atoms with E-state index in [9.17, 15) is 8.42 Å². The van der Waals surface area contributed by atoms with Gasteiger partial charge in [-0.15, -0.1) is 0 Å². The number of aromatic nitrogens is 2. The van der Waals surface area contributed by atoms with Crippen LogP contribution in [0, 0.1) is 0 Å². The zero-order valence-electron chi connectivity index (χ0n) is 12.0. The third-order valence-electron chi connectivity index (χ3n) is 3.05. The molecule has 0 bridgehead atoms. The van der Waals surface area contributed by atoms with Crippen molar-refractivity contribution in [3.05, 3.63) is 47.8 Å². The lowest BCUT2D eigenvalue weighted by atomic mass is 10.2. The van der Waals surface area contributed by atoms with E-state index < -0.39 is 10.0 Å². The summed E-state index contributed by atoms with van der Waals surface area (Å²) in [5.41, 5.74) is 2.13. The molecule has 0 radical (unpaired) electrons. The SMILES string of the molecule is CCCn1cc(CNCc2ccc(S(N)(=O)=O)cc2)cn1. The first kappa shape index (κ1) is 15.7. The molecule has 1 aromatic carbocycles. The van der Waals surface area contributed by atoms with Crippen molar-refractivity contribution in [1.29, 1.82) is 0 Å². The topological polar surface area (TPSA) is 90.0 Å². The molecule has 0 aliphatic carbocycles. The van der Waals surface area contributed by atoms with Gasteiger partial charge < -0.3 is 5.32 Å². The Kier molecular flexibility index (Phi) is 5.11. The average Bonchev–Trinajstić information content (AvgIpc) is 2.86. The highest BCUT2D eigenvalue weighted by Crippen LogP contribution is 2.08. The fraction of sp³-hybridized carbons (Fsp3) is 0.357. The fourth-order valence-corrected chi connectivity index (χ4v) is 2.51. The van der Waals surface area contributed by atoms with Gasteiger partial charge >= 0.3 is 0 Å². The van der Waals surface area contributed by atoms with Crippen LogP contribution in [0.15, 0.2) is 41.6 Å². The number of nitrogens with one attached hydrogen (secondary N) is 1. The summed E-state index contributed by atoms with van der Waals surface area (Å²) in [5, 5.41) is 12.6. The maximum atomic E-state index is 11.2. The van der Waals surface area contributed by atoms with Crippen LogP contribution < -0.4 is 10.5 Å². The predicted octanol–water partition coefficient (Wildman–Crippen LogP) is 1.23. The van der Waals surface area contributed by atoms with Crippen molar-refractivity contribution in [1.82, 2.24) is 15.1 Å². The van der Waals surface area contributed by atoms with Crippen molar-refractivity contribution in [2.45, 2.75) is 37.9 Å². The maximum absolute atomic E-state index is 11.2. The molecule has 0 aliphatic heterocycles. The zero-order valence-corrected chi connectivity index (χ0v) is 12.8. The molecule has 7 heteroatoms. The molecule has 3 N–H and O–H groups in total. The summed E-state index contributed by atoms with van der Waals surface area (Å²) in [6.07, 6.45) is 4.94. The van der Waals surface area contributed by atoms with Crippen LogP contribution in [0.25, 0.3) is 0 Å². The molecule has 0 aliphatic rings. The van der Waals surface area contributed by atoms with Gasteiger partial charge in [-0.3, -0.25) is 4.68 Å². The molecule has 2 rings (SSSR count). The molecule has 0 amide bonds. The highest BCUT2D eigenvalue weighted by Gasteiger charge is 2.06. The van der Waals surface area contributed by atoms with E-state index in [1.54, 1.807) is 12.1 Å². The summed E-state index contributed by atoms with van der Waals surface area (Å²) in [6.45, 7) is 4.42. The van der Waals surface area contributed by atoms with Gasteiger partial charge in [0, 0.05) is 31.4 Å². The Labute approximate surface area is 125 Å². The summed E-state index contributed by atoms with van der Waals surface area (Å²) in [6, 6.07) is 6.55. The van der Waals surface area contributed by atoms with E-state index >= 15 is 0 Å². The number of nitrogens with zero attached hydrogens (tertiary/aromatic N) is 2. The quantitative estimate of drug-likeness (QED) is 0.805. The number of rotatable bonds is 7. The molecule has 0 spiro atoms. The Hall–Kier alpha value is -1.70. The first-order valence-corrected chi connectivity index (χ1v) is 8.37. The normalized spacial score (nSPS) is 11.7. The van der Waals surface area contributed by atoms with Gasteiger partial charge in [0.1, 0.15) is 0 Å². The summed E-state index contributed by atoms with van der Waals surface area (Å²) in [4.78, 5) is 0.132. The molecule has 2 aromatic rings. The summed E-state index contributed by atoms with van der Waals surface area (Å²) in [7, 11) is -3.62. The van der Waals surface area contributed by atoms with Crippen LogP contribution >= 0.6 is 0 Å². The molecule has 1 aromatic heterocycles. The van der Waals surface area contributed by atoms with Crippen molar-refractivity contribution in [2.75, 3.05) is 0 Å². The highest BCUT2D eigenvalue weighted by molar-refractivity contribution is 7.89. The van der Waals surface area contributed by atoms with E-state index in [0.29, 0.717) is 6.54 Å². The Balaban J connectivity index is 1.85. The minimum absolute atomic E-state index is 0.132. The number of primary sulfonamides is 1. The van der Waals surface area contributed by atoms with Crippen molar-refractivity contribution >= 4 is 10.0 Å². The molecular weight excluding hydrogens is 288 g/mol. The number of aryl methyl sites for hydroxylation is 1. The Morgan fingerprint density at radius 1 is 1.19 bits per heavy atom. The predicted molar refractivity (Wildman–Crippen MR) is 80.9 cm³/mol. The van der Waals surface area contributed by atoms with Crippen LogP contribution in [0.5, 0.6) is 0 Å². The van der Waals surface area contributed by atoms with Crippen molar-refractivity contribution in [2.24, 2.45) is 5.14 Å². The Morgan fingerprint density at radius 3 is 2.48 bits per heavy atom. The van der Waals surface area contributed by atoms with Gasteiger partial charge in [-0.25, -0.2) is 13.6 Å². The molecule has 0 atom stereocenters. The Morgan fingerprint density at radius 2 is 1.86 bits per heavy atom. The van der Waals surface area contributed by atoms with E-state index in [1.165, 1.54) is 12.1 Å². The lowest BCUT2D eigenvalue weighted by molar-refractivity contribution is 0.597. The third kappa shape index (κ3) is 4.66. The van der Waals surface area contributed by atoms with Crippen molar-refractivity contribution < 1.29 is 8.42 Å². The van der Waals surface area contributed by atoms with Crippen LogP contribution in [-0.2, 0) is 29.7 Å². The van der Waals surface area contributed by atoms with Gasteiger partial charge in [-0.2, -0.15) is 5.10 Å². The first-order valence-electron chi connectivity index (χ1n) is 6.83. The molecule has 1 heterocycles. The van der Waals surface area contributed by atoms with Gasteiger partial charge in [0.2, 0.25) is 10.0 Å². The second kappa shape index (κ2) is 6.84. The molecule has 6 nitrogen and oxygen atoms in total. The molecule has 0 unspecified atom stereocenters. The molecule has 21 heavy (non-hydrogen) atoms. The van der Waals surface area contributed by atoms with E-state index in [2.05, 4.69) is 17.3 Å². The lowest BCUT2D eigenvalue weighted by Gasteiger charge is -2.04. The largest absolute Gasteiger partial charge is 0.309 e. The van der Waals surface area contributed by atoms with Gasteiger partial charge in [0.25, 0.3) is 0 Å². The number of nitrogens with two attached hydrogens (primary N) is 1. The molecular formula is C14H20N4O2S. The minimum Gasteiger partial charge on any atom is -0.309 e. The zero-order chi connectivity index (χ0) is 15.3. The Bertz CT molecular complexity index is 677. The van der Waals surface area contributed by atoms with Gasteiger partial charge in [-0.05, 0) is 24.1 Å². The van der Waals surface area contributed by atoms with Crippen LogP contribution in [0.2, 0.25) is 0 Å². The van der Waals surface area contributed by atoms with Crippen LogP contribution in [0.3, 0.4) is 0 Å². The second-order valence-electron chi connectivity index (χ2n) is 4.90. The molecule has 0 saturated heterocycles. The van der Waals surface area contributed by atoms with Crippen molar-refractivity contribution in [3.8, 4) is 0 Å². The molecule has 114 valence electrons. The van der Waals surface area contributed by atoms with Crippen LogP contribution in [0.4, 0.5) is 0 Å². The number of hydrogen-bond acceptors (Lipinski definition) is 4. The summed E-state index contributed by atoms with van der Waals surface area (Å²) >= 11 is 0. The number of hydrogen-bond donors (Lipinski definition) is 2. The second-order valence-corrected chi connectivity index (χ2v) is 6.47. The summed E-state index contributed by atoms with van der Waals surface area (Å²) in [5.74, 6) is 0. The standard InChI is InChI=1S/C14H20N4O2S/c1-2-7-18-11-13(10-17-18)9-16-8-12-3-5-14(6-4-12)21(15,19)20/h3-6,10-11,16H,2,7-9H2,1H3,(H2,15,19,20). The van der Waals surface area contributed by atoms with Gasteiger partial charge in [0.15, 0.2) is 0 Å². The highest BCUT2D eigenvalue weighted by atomic mass is 32.2. The summed E-state index contributed by atoms with van der Waals surface area (Å²) < 4.78 is 24.2. The minimum atomic E-state index is -3.62. The van der Waals surface area contributed by atoms with Gasteiger partial charge in [-0.1, -0.05) is 19.1 Å². The number of benzene rings is 1. The van der Waals surface area contributed by atoms with E-state index in [0.717, 1.165) is 30.6 Å².